The van der Waals surface area contributed by atoms with Crippen LogP contribution in [0.4, 0.5) is 0 Å². The monoisotopic (exact) mass is 331 g/mol. The lowest BCUT2D eigenvalue weighted by Gasteiger charge is -2.34. The second kappa shape index (κ2) is 9.42. The molecule has 1 saturated heterocycles. The Kier molecular flexibility index (Phi) is 7.25. The van der Waals surface area contributed by atoms with Crippen molar-refractivity contribution in [2.24, 2.45) is 5.92 Å². The maximum Gasteiger partial charge on any atom is 0.249 e. The number of likely N-dealkylation sites (tertiary alicyclic amines) is 1. The van der Waals surface area contributed by atoms with Gasteiger partial charge in [0, 0.05) is 19.5 Å². The Morgan fingerprint density at radius 1 is 1.21 bits per heavy atom. The molecule has 1 fully saturated rings. The van der Waals surface area contributed by atoms with Crippen molar-refractivity contribution in [3.63, 3.8) is 0 Å². The number of hydrogen-bond acceptors (Lipinski definition) is 3. The van der Waals surface area contributed by atoms with Crippen LogP contribution >= 0.6 is 0 Å². The zero-order chi connectivity index (χ0) is 17.4. The smallest absolute Gasteiger partial charge is 0.249 e. The molecule has 1 aliphatic heterocycles. The molecule has 1 aliphatic rings. The normalized spacial score (nSPS) is 16.7. The predicted octanol–water partition coefficient (Wildman–Crippen LogP) is 2.10. The van der Waals surface area contributed by atoms with Gasteiger partial charge in [-0.1, -0.05) is 37.3 Å². The van der Waals surface area contributed by atoms with Gasteiger partial charge in [-0.05, 0) is 44.3 Å². The van der Waals surface area contributed by atoms with Gasteiger partial charge in [0.2, 0.25) is 11.8 Å². The zero-order valence-corrected chi connectivity index (χ0v) is 14.8. The minimum absolute atomic E-state index is 0.00932. The number of carbonyl (C=O) groups is 2. The van der Waals surface area contributed by atoms with Crippen molar-refractivity contribution in [1.82, 2.24) is 15.5 Å². The van der Waals surface area contributed by atoms with E-state index in [1.807, 2.05) is 42.3 Å². The summed E-state index contributed by atoms with van der Waals surface area (Å²) in [5, 5.41) is 6.07. The lowest BCUT2D eigenvalue weighted by molar-refractivity contribution is -0.137. The van der Waals surface area contributed by atoms with Gasteiger partial charge in [0.25, 0.3) is 0 Å². The van der Waals surface area contributed by atoms with Gasteiger partial charge in [-0.3, -0.25) is 9.59 Å². The molecule has 24 heavy (non-hydrogen) atoms. The fraction of sp³-hybridized carbons (Fsp3) is 0.579. The Hall–Kier alpha value is -1.88. The summed E-state index contributed by atoms with van der Waals surface area (Å²) in [4.78, 5) is 26.7. The van der Waals surface area contributed by atoms with Crippen LogP contribution < -0.4 is 10.6 Å². The standard InChI is InChI=1S/C19H29N3O2/c1-3-17(23)21-18(16-7-5-4-6-8-16)19(24)22-13-10-15(11-14-22)9-12-20-2/h4-8,15,18,20H,3,9-14H2,1-2H3,(H,21,23). The average molecular weight is 331 g/mol. The van der Waals surface area contributed by atoms with Crippen LogP contribution in [0.5, 0.6) is 0 Å². The Morgan fingerprint density at radius 2 is 1.88 bits per heavy atom. The lowest BCUT2D eigenvalue weighted by atomic mass is 9.92. The summed E-state index contributed by atoms with van der Waals surface area (Å²) in [6, 6.07) is 8.94. The van der Waals surface area contributed by atoms with E-state index in [4.69, 9.17) is 0 Å². The van der Waals surface area contributed by atoms with E-state index in [-0.39, 0.29) is 11.8 Å². The summed E-state index contributed by atoms with van der Waals surface area (Å²) < 4.78 is 0. The van der Waals surface area contributed by atoms with Crippen LogP contribution in [-0.4, -0.2) is 43.4 Å². The Labute approximate surface area is 144 Å². The fourth-order valence-corrected chi connectivity index (χ4v) is 3.17. The maximum absolute atomic E-state index is 13.0. The third-order valence-electron chi connectivity index (χ3n) is 4.74. The molecule has 1 aromatic rings. The van der Waals surface area contributed by atoms with E-state index in [0.717, 1.165) is 44.5 Å². The molecular formula is C19H29N3O2. The van der Waals surface area contributed by atoms with Crippen molar-refractivity contribution in [3.05, 3.63) is 35.9 Å². The zero-order valence-electron chi connectivity index (χ0n) is 14.8. The van der Waals surface area contributed by atoms with E-state index in [1.54, 1.807) is 6.92 Å². The van der Waals surface area contributed by atoms with Crippen LogP contribution in [0.2, 0.25) is 0 Å². The first-order valence-corrected chi connectivity index (χ1v) is 8.93. The van der Waals surface area contributed by atoms with Gasteiger partial charge in [-0.15, -0.1) is 0 Å². The number of piperidine rings is 1. The molecule has 5 nitrogen and oxygen atoms in total. The molecule has 132 valence electrons. The van der Waals surface area contributed by atoms with Gasteiger partial charge in [-0.2, -0.15) is 0 Å². The molecule has 0 aliphatic carbocycles. The molecule has 1 heterocycles. The van der Waals surface area contributed by atoms with Crippen LogP contribution in [0.25, 0.3) is 0 Å². The van der Waals surface area contributed by atoms with E-state index in [0.29, 0.717) is 12.3 Å². The second-order valence-corrected chi connectivity index (χ2v) is 6.43. The van der Waals surface area contributed by atoms with E-state index >= 15 is 0 Å². The molecule has 1 unspecified atom stereocenters. The summed E-state index contributed by atoms with van der Waals surface area (Å²) in [7, 11) is 1.97. The topological polar surface area (TPSA) is 61.4 Å². The first-order valence-electron chi connectivity index (χ1n) is 8.93. The quantitative estimate of drug-likeness (QED) is 0.804. The van der Waals surface area contributed by atoms with Crippen LogP contribution in [-0.2, 0) is 9.59 Å². The molecule has 0 spiro atoms. The van der Waals surface area contributed by atoms with Gasteiger partial charge in [-0.25, -0.2) is 0 Å². The molecule has 0 bridgehead atoms. The number of carbonyl (C=O) groups excluding carboxylic acids is 2. The Bertz CT molecular complexity index is 525. The Morgan fingerprint density at radius 3 is 2.46 bits per heavy atom. The molecule has 0 saturated carbocycles. The number of nitrogens with one attached hydrogen (secondary N) is 2. The van der Waals surface area contributed by atoms with E-state index in [1.165, 1.54) is 0 Å². The van der Waals surface area contributed by atoms with Gasteiger partial charge in [0.15, 0.2) is 0 Å². The summed E-state index contributed by atoms with van der Waals surface area (Å²) in [6.07, 6.45) is 3.61. The molecule has 1 atom stereocenters. The highest BCUT2D eigenvalue weighted by Gasteiger charge is 2.29. The predicted molar refractivity (Wildman–Crippen MR) is 95.5 cm³/mol. The number of nitrogens with zero attached hydrogens (tertiary/aromatic N) is 1. The average Bonchev–Trinajstić information content (AvgIpc) is 2.64. The molecule has 2 N–H and O–H groups in total. The summed E-state index contributed by atoms with van der Waals surface area (Å²) in [5.74, 6) is 0.595. The fourth-order valence-electron chi connectivity index (χ4n) is 3.17. The number of rotatable bonds is 7. The van der Waals surface area contributed by atoms with Crippen LogP contribution in [0, 0.1) is 5.92 Å². The molecule has 2 rings (SSSR count). The summed E-state index contributed by atoms with van der Waals surface area (Å²) >= 11 is 0. The lowest BCUT2D eigenvalue weighted by Crippen LogP contribution is -2.46. The van der Waals surface area contributed by atoms with Gasteiger partial charge < -0.3 is 15.5 Å². The highest BCUT2D eigenvalue weighted by molar-refractivity contribution is 5.88. The summed E-state index contributed by atoms with van der Waals surface area (Å²) in [6.45, 7) is 4.38. The molecule has 0 radical (unpaired) electrons. The number of benzene rings is 1. The van der Waals surface area contributed by atoms with Gasteiger partial charge in [0.1, 0.15) is 6.04 Å². The van der Waals surface area contributed by atoms with Crippen molar-refractivity contribution >= 4 is 11.8 Å². The SMILES string of the molecule is CCC(=O)NC(C(=O)N1CCC(CCNC)CC1)c1ccccc1. The first kappa shape index (κ1) is 18.5. The minimum Gasteiger partial charge on any atom is -0.341 e. The molecular weight excluding hydrogens is 302 g/mol. The maximum atomic E-state index is 13.0. The third kappa shape index (κ3) is 5.06. The molecule has 2 amide bonds. The van der Waals surface area contributed by atoms with Crippen molar-refractivity contribution in [2.45, 2.75) is 38.6 Å². The molecule has 0 aromatic heterocycles. The minimum atomic E-state index is -0.576. The largest absolute Gasteiger partial charge is 0.341 e. The highest BCUT2D eigenvalue weighted by Crippen LogP contribution is 2.23. The van der Waals surface area contributed by atoms with Gasteiger partial charge in [0.05, 0.1) is 0 Å². The van der Waals surface area contributed by atoms with Crippen LogP contribution in [0.3, 0.4) is 0 Å². The van der Waals surface area contributed by atoms with E-state index in [2.05, 4.69) is 10.6 Å². The van der Waals surface area contributed by atoms with Crippen LogP contribution in [0.1, 0.15) is 44.2 Å². The Balaban J connectivity index is 2.02. The highest BCUT2D eigenvalue weighted by atomic mass is 16.2. The van der Waals surface area contributed by atoms with Crippen molar-refractivity contribution in [1.29, 1.82) is 0 Å². The van der Waals surface area contributed by atoms with Crippen molar-refractivity contribution in [2.75, 3.05) is 26.7 Å². The second-order valence-electron chi connectivity index (χ2n) is 6.43. The van der Waals surface area contributed by atoms with Gasteiger partial charge >= 0.3 is 0 Å². The van der Waals surface area contributed by atoms with E-state index < -0.39 is 6.04 Å². The number of amides is 2. The first-order chi connectivity index (χ1) is 11.7. The van der Waals surface area contributed by atoms with Crippen molar-refractivity contribution < 1.29 is 9.59 Å². The van der Waals surface area contributed by atoms with Crippen molar-refractivity contribution in [3.8, 4) is 0 Å². The number of hydrogen-bond donors (Lipinski definition) is 2. The molecule has 1 aromatic carbocycles. The summed E-state index contributed by atoms with van der Waals surface area (Å²) in [5.41, 5.74) is 0.849. The molecule has 5 heteroatoms. The van der Waals surface area contributed by atoms with Crippen LogP contribution in [0.15, 0.2) is 30.3 Å². The van der Waals surface area contributed by atoms with E-state index in [9.17, 15) is 9.59 Å². The third-order valence-corrected chi connectivity index (χ3v) is 4.74.